The molecule has 1 aromatic heterocycles. The van der Waals surface area contributed by atoms with Crippen molar-refractivity contribution in [3.05, 3.63) is 24.2 Å². The number of rotatable bonds is 7. The summed E-state index contributed by atoms with van der Waals surface area (Å²) in [5.74, 6) is 1.65. The highest BCUT2D eigenvalue weighted by Gasteiger charge is 2.07. The lowest BCUT2D eigenvalue weighted by Crippen LogP contribution is -2.26. The number of furan rings is 1. The molecule has 0 amide bonds. The Morgan fingerprint density at radius 1 is 1.53 bits per heavy atom. The fourth-order valence-corrected chi connectivity index (χ4v) is 1.49. The Morgan fingerprint density at radius 3 is 2.87 bits per heavy atom. The maximum Gasteiger partial charge on any atom is 0.117 e. The number of hydrogen-bond donors (Lipinski definition) is 1. The van der Waals surface area contributed by atoms with Gasteiger partial charge in [-0.3, -0.25) is 4.90 Å². The molecule has 0 aliphatic heterocycles. The first-order chi connectivity index (χ1) is 7.26. The van der Waals surface area contributed by atoms with Gasteiger partial charge in [0.05, 0.1) is 12.8 Å². The monoisotopic (exact) mass is 210 g/mol. The molecule has 0 aromatic carbocycles. The van der Waals surface area contributed by atoms with E-state index in [4.69, 9.17) is 10.2 Å². The molecule has 0 saturated heterocycles. The van der Waals surface area contributed by atoms with Gasteiger partial charge >= 0.3 is 0 Å². The molecule has 3 nitrogen and oxygen atoms in total. The predicted octanol–water partition coefficient (Wildman–Crippen LogP) is 2.09. The molecule has 3 heteroatoms. The predicted molar refractivity (Wildman–Crippen MR) is 62.5 cm³/mol. The van der Waals surface area contributed by atoms with E-state index in [-0.39, 0.29) is 0 Å². The van der Waals surface area contributed by atoms with Crippen molar-refractivity contribution in [1.29, 1.82) is 0 Å². The van der Waals surface area contributed by atoms with Crippen LogP contribution >= 0.6 is 0 Å². The molecule has 2 N–H and O–H groups in total. The highest BCUT2D eigenvalue weighted by atomic mass is 16.3. The molecule has 0 spiro atoms. The standard InChI is InChI=1S/C12H22N2O/c1-3-14(7-6-11(2)9-13)10-12-5-4-8-15-12/h4-5,8,11H,3,6-7,9-10,13H2,1-2H3. The van der Waals surface area contributed by atoms with Crippen molar-refractivity contribution in [1.82, 2.24) is 4.90 Å². The summed E-state index contributed by atoms with van der Waals surface area (Å²) < 4.78 is 5.33. The molecule has 1 rings (SSSR count). The fourth-order valence-electron chi connectivity index (χ4n) is 1.49. The van der Waals surface area contributed by atoms with Crippen LogP contribution in [0.15, 0.2) is 22.8 Å². The van der Waals surface area contributed by atoms with Crippen molar-refractivity contribution in [3.63, 3.8) is 0 Å². The quantitative estimate of drug-likeness (QED) is 0.749. The molecule has 1 unspecified atom stereocenters. The van der Waals surface area contributed by atoms with Gasteiger partial charge in [-0.05, 0) is 44.1 Å². The van der Waals surface area contributed by atoms with Gasteiger partial charge in [0.2, 0.25) is 0 Å². The zero-order valence-corrected chi connectivity index (χ0v) is 9.78. The lowest BCUT2D eigenvalue weighted by Gasteiger charge is -2.20. The van der Waals surface area contributed by atoms with Gasteiger partial charge in [0.1, 0.15) is 5.76 Å². The molecule has 1 heterocycles. The minimum atomic E-state index is 0.607. The smallest absolute Gasteiger partial charge is 0.117 e. The Balaban J connectivity index is 2.30. The number of nitrogens with zero attached hydrogens (tertiary/aromatic N) is 1. The van der Waals surface area contributed by atoms with E-state index < -0.39 is 0 Å². The molecular formula is C12H22N2O. The Hall–Kier alpha value is -0.800. The van der Waals surface area contributed by atoms with E-state index in [1.165, 1.54) is 0 Å². The van der Waals surface area contributed by atoms with Crippen LogP contribution in [0, 0.1) is 5.92 Å². The Bertz CT molecular complexity index is 246. The van der Waals surface area contributed by atoms with Gasteiger partial charge in [0.25, 0.3) is 0 Å². The third kappa shape index (κ3) is 4.49. The van der Waals surface area contributed by atoms with Crippen LogP contribution in [0.2, 0.25) is 0 Å². The van der Waals surface area contributed by atoms with Crippen molar-refractivity contribution in [2.75, 3.05) is 19.6 Å². The minimum absolute atomic E-state index is 0.607. The van der Waals surface area contributed by atoms with E-state index in [2.05, 4.69) is 18.7 Å². The SMILES string of the molecule is CCN(CCC(C)CN)Cc1ccco1. The Labute approximate surface area is 92.2 Å². The number of hydrogen-bond acceptors (Lipinski definition) is 3. The van der Waals surface area contributed by atoms with Gasteiger partial charge in [0, 0.05) is 0 Å². The molecule has 0 saturated carbocycles. The van der Waals surface area contributed by atoms with Gasteiger partial charge in [-0.15, -0.1) is 0 Å². The normalized spacial score (nSPS) is 13.3. The first kappa shape index (κ1) is 12.3. The molecule has 1 atom stereocenters. The van der Waals surface area contributed by atoms with E-state index in [0.29, 0.717) is 5.92 Å². The van der Waals surface area contributed by atoms with Gasteiger partial charge in [-0.1, -0.05) is 13.8 Å². The highest BCUT2D eigenvalue weighted by Crippen LogP contribution is 2.08. The van der Waals surface area contributed by atoms with Gasteiger partial charge in [0.15, 0.2) is 0 Å². The molecule has 86 valence electrons. The van der Waals surface area contributed by atoms with Crippen LogP contribution in [0.5, 0.6) is 0 Å². The van der Waals surface area contributed by atoms with Gasteiger partial charge < -0.3 is 10.2 Å². The lowest BCUT2D eigenvalue weighted by molar-refractivity contribution is 0.240. The molecule has 0 aliphatic rings. The molecule has 0 fully saturated rings. The van der Waals surface area contributed by atoms with Crippen LogP contribution in [0.3, 0.4) is 0 Å². The molecule has 0 radical (unpaired) electrons. The largest absolute Gasteiger partial charge is 0.468 e. The second-order valence-electron chi connectivity index (χ2n) is 4.08. The van der Waals surface area contributed by atoms with Crippen LogP contribution in [-0.2, 0) is 6.54 Å². The maximum absolute atomic E-state index is 5.60. The third-order valence-corrected chi connectivity index (χ3v) is 2.75. The van der Waals surface area contributed by atoms with Crippen molar-refractivity contribution >= 4 is 0 Å². The van der Waals surface area contributed by atoms with Crippen LogP contribution < -0.4 is 5.73 Å². The van der Waals surface area contributed by atoms with E-state index in [9.17, 15) is 0 Å². The zero-order chi connectivity index (χ0) is 11.1. The summed E-state index contributed by atoms with van der Waals surface area (Å²) in [7, 11) is 0. The second kappa shape index (κ2) is 6.64. The average Bonchev–Trinajstić information content (AvgIpc) is 2.76. The summed E-state index contributed by atoms with van der Waals surface area (Å²) >= 11 is 0. The second-order valence-corrected chi connectivity index (χ2v) is 4.08. The minimum Gasteiger partial charge on any atom is -0.468 e. The maximum atomic E-state index is 5.60. The van der Waals surface area contributed by atoms with Crippen molar-refractivity contribution in [2.45, 2.75) is 26.8 Å². The molecule has 15 heavy (non-hydrogen) atoms. The van der Waals surface area contributed by atoms with Gasteiger partial charge in [-0.2, -0.15) is 0 Å². The summed E-state index contributed by atoms with van der Waals surface area (Å²) in [6.07, 6.45) is 2.89. The summed E-state index contributed by atoms with van der Waals surface area (Å²) in [4.78, 5) is 2.38. The molecule has 0 aliphatic carbocycles. The topological polar surface area (TPSA) is 42.4 Å². The first-order valence-electron chi connectivity index (χ1n) is 5.71. The van der Waals surface area contributed by atoms with E-state index >= 15 is 0 Å². The lowest BCUT2D eigenvalue weighted by atomic mass is 10.1. The molecule has 0 bridgehead atoms. The average molecular weight is 210 g/mol. The third-order valence-electron chi connectivity index (χ3n) is 2.75. The Morgan fingerprint density at radius 2 is 2.33 bits per heavy atom. The van der Waals surface area contributed by atoms with E-state index in [1.54, 1.807) is 6.26 Å². The molecular weight excluding hydrogens is 188 g/mol. The molecule has 1 aromatic rings. The van der Waals surface area contributed by atoms with Gasteiger partial charge in [-0.25, -0.2) is 0 Å². The summed E-state index contributed by atoms with van der Waals surface area (Å²) in [6, 6.07) is 3.96. The van der Waals surface area contributed by atoms with Crippen LogP contribution in [0.4, 0.5) is 0 Å². The van der Waals surface area contributed by atoms with E-state index in [0.717, 1.165) is 38.4 Å². The van der Waals surface area contributed by atoms with Crippen molar-refractivity contribution in [3.8, 4) is 0 Å². The van der Waals surface area contributed by atoms with Crippen molar-refractivity contribution < 1.29 is 4.42 Å². The van der Waals surface area contributed by atoms with Crippen LogP contribution in [-0.4, -0.2) is 24.5 Å². The van der Waals surface area contributed by atoms with Crippen LogP contribution in [0.1, 0.15) is 26.0 Å². The number of nitrogens with two attached hydrogens (primary N) is 1. The highest BCUT2D eigenvalue weighted by molar-refractivity contribution is 4.97. The van der Waals surface area contributed by atoms with E-state index in [1.807, 2.05) is 12.1 Å². The van der Waals surface area contributed by atoms with Crippen LogP contribution in [0.25, 0.3) is 0 Å². The fraction of sp³-hybridized carbons (Fsp3) is 0.667. The van der Waals surface area contributed by atoms with Crippen molar-refractivity contribution in [2.24, 2.45) is 11.7 Å². The first-order valence-corrected chi connectivity index (χ1v) is 5.71. The zero-order valence-electron chi connectivity index (χ0n) is 9.78. The summed E-state index contributed by atoms with van der Waals surface area (Å²) in [6.45, 7) is 8.20. The summed E-state index contributed by atoms with van der Waals surface area (Å²) in [5.41, 5.74) is 5.60. The Kier molecular flexibility index (Phi) is 5.43. The summed E-state index contributed by atoms with van der Waals surface area (Å²) in [5, 5.41) is 0.